The van der Waals surface area contributed by atoms with Crippen LogP contribution in [0.3, 0.4) is 0 Å². The fourth-order valence-corrected chi connectivity index (χ4v) is 3.16. The van der Waals surface area contributed by atoms with E-state index in [2.05, 4.69) is 11.0 Å². The first-order valence-corrected chi connectivity index (χ1v) is 7.60. The summed E-state index contributed by atoms with van der Waals surface area (Å²) in [6, 6.07) is 6.48. The maximum Gasteiger partial charge on any atom is 0.166 e. The molecule has 0 aromatic heterocycles. The zero-order chi connectivity index (χ0) is 13.9. The largest absolute Gasteiger partial charge is 0.486 e. The quantitative estimate of drug-likeness (QED) is 0.917. The van der Waals surface area contributed by atoms with E-state index in [1.807, 2.05) is 19.1 Å². The van der Waals surface area contributed by atoms with Gasteiger partial charge in [-0.25, -0.2) is 0 Å². The Balaban J connectivity index is 1.84. The smallest absolute Gasteiger partial charge is 0.166 e. The molecule has 1 aromatic carbocycles. The van der Waals surface area contributed by atoms with Gasteiger partial charge in [-0.1, -0.05) is 19.1 Å². The molecule has 4 nitrogen and oxygen atoms in total. The fraction of sp³-hybridized carbons (Fsp3) is 0.625. The van der Waals surface area contributed by atoms with Gasteiger partial charge in [0.05, 0.1) is 6.10 Å². The molecule has 2 heterocycles. The standard InChI is InChI=1S/C16H23NO3/c1-2-12(18)11-17-8-4-6-14(17)13-5-3-7-15-16(13)20-10-9-19-15/h3,5,7,12,14,18H,2,4,6,8-11H2,1H3. The van der Waals surface area contributed by atoms with Gasteiger partial charge in [0, 0.05) is 18.2 Å². The molecule has 1 N–H and O–H groups in total. The third-order valence-corrected chi connectivity index (χ3v) is 4.24. The zero-order valence-corrected chi connectivity index (χ0v) is 12.0. The summed E-state index contributed by atoms with van der Waals surface area (Å²) in [7, 11) is 0. The summed E-state index contributed by atoms with van der Waals surface area (Å²) in [6.07, 6.45) is 2.85. The molecule has 4 heteroatoms. The second-order valence-corrected chi connectivity index (χ2v) is 5.59. The highest BCUT2D eigenvalue weighted by Crippen LogP contribution is 2.42. The van der Waals surface area contributed by atoms with Crippen LogP contribution in [0.2, 0.25) is 0 Å². The van der Waals surface area contributed by atoms with Crippen LogP contribution < -0.4 is 9.47 Å². The van der Waals surface area contributed by atoms with Gasteiger partial charge in [0.25, 0.3) is 0 Å². The van der Waals surface area contributed by atoms with Crippen LogP contribution in [0.25, 0.3) is 0 Å². The first kappa shape index (κ1) is 13.7. The van der Waals surface area contributed by atoms with E-state index in [0.29, 0.717) is 19.3 Å². The number of rotatable bonds is 4. The molecule has 110 valence electrons. The highest BCUT2D eigenvalue weighted by atomic mass is 16.6. The van der Waals surface area contributed by atoms with E-state index < -0.39 is 0 Å². The number of aliphatic hydroxyl groups is 1. The van der Waals surface area contributed by atoms with E-state index >= 15 is 0 Å². The van der Waals surface area contributed by atoms with Crippen LogP contribution in [0.1, 0.15) is 37.8 Å². The molecule has 20 heavy (non-hydrogen) atoms. The molecule has 2 unspecified atom stereocenters. The first-order chi connectivity index (χ1) is 9.79. The molecule has 0 saturated carbocycles. The van der Waals surface area contributed by atoms with E-state index in [4.69, 9.17) is 9.47 Å². The predicted octanol–water partition coefficient (Wildman–Crippen LogP) is 2.37. The first-order valence-electron chi connectivity index (χ1n) is 7.60. The molecule has 3 rings (SSSR count). The molecule has 0 amide bonds. The van der Waals surface area contributed by atoms with Crippen molar-refractivity contribution in [3.8, 4) is 11.5 Å². The summed E-state index contributed by atoms with van der Waals surface area (Å²) < 4.78 is 11.5. The number of likely N-dealkylation sites (tertiary alicyclic amines) is 1. The lowest BCUT2D eigenvalue weighted by atomic mass is 10.0. The number of nitrogens with zero attached hydrogens (tertiary/aromatic N) is 1. The van der Waals surface area contributed by atoms with Gasteiger partial charge in [0.1, 0.15) is 13.2 Å². The molecule has 0 spiro atoms. The van der Waals surface area contributed by atoms with Crippen molar-refractivity contribution in [3.63, 3.8) is 0 Å². The van der Waals surface area contributed by atoms with Crippen LogP contribution in [0, 0.1) is 0 Å². The third kappa shape index (κ3) is 2.63. The van der Waals surface area contributed by atoms with Crippen LogP contribution in [0.15, 0.2) is 18.2 Å². The lowest BCUT2D eigenvalue weighted by molar-refractivity contribution is 0.100. The molecule has 0 radical (unpaired) electrons. The summed E-state index contributed by atoms with van der Waals surface area (Å²) >= 11 is 0. The second kappa shape index (κ2) is 6.02. The summed E-state index contributed by atoms with van der Waals surface area (Å²) in [5, 5.41) is 9.92. The summed E-state index contributed by atoms with van der Waals surface area (Å²) in [4.78, 5) is 2.38. The number of benzene rings is 1. The van der Waals surface area contributed by atoms with E-state index in [9.17, 15) is 5.11 Å². The monoisotopic (exact) mass is 277 g/mol. The summed E-state index contributed by atoms with van der Waals surface area (Å²) in [6.45, 7) is 5.06. The fourth-order valence-electron chi connectivity index (χ4n) is 3.16. The van der Waals surface area contributed by atoms with Crippen molar-refractivity contribution < 1.29 is 14.6 Å². The molecule has 2 aliphatic rings. The zero-order valence-electron chi connectivity index (χ0n) is 12.0. The lowest BCUT2D eigenvalue weighted by Gasteiger charge is -2.29. The molecule has 2 aliphatic heterocycles. The van der Waals surface area contributed by atoms with Crippen molar-refractivity contribution in [2.24, 2.45) is 0 Å². The Morgan fingerprint density at radius 1 is 1.35 bits per heavy atom. The predicted molar refractivity (Wildman–Crippen MR) is 77.3 cm³/mol. The van der Waals surface area contributed by atoms with Gasteiger partial charge in [0.15, 0.2) is 11.5 Å². The van der Waals surface area contributed by atoms with Gasteiger partial charge < -0.3 is 14.6 Å². The number of aliphatic hydroxyl groups excluding tert-OH is 1. The van der Waals surface area contributed by atoms with Crippen LogP contribution in [0.4, 0.5) is 0 Å². The molecule has 0 aliphatic carbocycles. The Morgan fingerprint density at radius 2 is 2.20 bits per heavy atom. The van der Waals surface area contributed by atoms with Crippen LogP contribution >= 0.6 is 0 Å². The minimum atomic E-state index is -0.243. The lowest BCUT2D eigenvalue weighted by Crippen LogP contribution is -2.32. The molecule has 1 saturated heterocycles. The normalized spacial score (nSPS) is 23.8. The molecule has 1 fully saturated rings. The number of β-amino-alcohol motifs (C(OH)–C–C–N with tert-alkyl or cyclic N) is 1. The number of hydrogen-bond donors (Lipinski definition) is 1. The highest BCUT2D eigenvalue weighted by molar-refractivity contribution is 5.49. The Hall–Kier alpha value is -1.26. The minimum Gasteiger partial charge on any atom is -0.486 e. The average molecular weight is 277 g/mol. The van der Waals surface area contributed by atoms with Gasteiger partial charge >= 0.3 is 0 Å². The van der Waals surface area contributed by atoms with E-state index in [1.165, 1.54) is 12.0 Å². The third-order valence-electron chi connectivity index (χ3n) is 4.24. The SMILES string of the molecule is CCC(O)CN1CCCC1c1cccc2c1OCCO2. The van der Waals surface area contributed by atoms with E-state index in [-0.39, 0.29) is 6.10 Å². The van der Waals surface area contributed by atoms with Crippen molar-refractivity contribution in [3.05, 3.63) is 23.8 Å². The van der Waals surface area contributed by atoms with Crippen molar-refractivity contribution >= 4 is 0 Å². The van der Waals surface area contributed by atoms with E-state index in [0.717, 1.165) is 37.4 Å². The molecular weight excluding hydrogens is 254 g/mol. The molecular formula is C16H23NO3. The number of fused-ring (bicyclic) bond motifs is 1. The molecule has 0 bridgehead atoms. The van der Waals surface area contributed by atoms with Crippen molar-refractivity contribution in [1.29, 1.82) is 0 Å². The maximum absolute atomic E-state index is 9.92. The van der Waals surface area contributed by atoms with Gasteiger partial charge in [-0.05, 0) is 31.9 Å². The van der Waals surface area contributed by atoms with Gasteiger partial charge in [-0.3, -0.25) is 4.90 Å². The van der Waals surface area contributed by atoms with Crippen molar-refractivity contribution in [2.75, 3.05) is 26.3 Å². The Bertz CT molecular complexity index is 463. The van der Waals surface area contributed by atoms with Gasteiger partial charge in [-0.15, -0.1) is 0 Å². The topological polar surface area (TPSA) is 41.9 Å². The van der Waals surface area contributed by atoms with Crippen LogP contribution in [-0.4, -0.2) is 42.4 Å². The number of para-hydroxylation sites is 1. The summed E-state index contributed by atoms with van der Waals surface area (Å²) in [5.41, 5.74) is 1.21. The van der Waals surface area contributed by atoms with Gasteiger partial charge in [0.2, 0.25) is 0 Å². The van der Waals surface area contributed by atoms with Crippen LogP contribution in [0.5, 0.6) is 11.5 Å². The molecule has 2 atom stereocenters. The second-order valence-electron chi connectivity index (χ2n) is 5.59. The van der Waals surface area contributed by atoms with Crippen molar-refractivity contribution in [1.82, 2.24) is 4.90 Å². The van der Waals surface area contributed by atoms with Crippen molar-refractivity contribution in [2.45, 2.75) is 38.3 Å². The minimum absolute atomic E-state index is 0.243. The average Bonchev–Trinajstić information content (AvgIpc) is 2.94. The Kier molecular flexibility index (Phi) is 4.13. The summed E-state index contributed by atoms with van der Waals surface area (Å²) in [5.74, 6) is 1.76. The highest BCUT2D eigenvalue weighted by Gasteiger charge is 2.31. The maximum atomic E-state index is 9.92. The van der Waals surface area contributed by atoms with E-state index in [1.54, 1.807) is 0 Å². The Morgan fingerprint density at radius 3 is 3.05 bits per heavy atom. The number of ether oxygens (including phenoxy) is 2. The van der Waals surface area contributed by atoms with Crippen LogP contribution in [-0.2, 0) is 0 Å². The molecule has 1 aromatic rings. The van der Waals surface area contributed by atoms with Gasteiger partial charge in [-0.2, -0.15) is 0 Å². The number of hydrogen-bond acceptors (Lipinski definition) is 4. The Labute approximate surface area is 120 Å².